The van der Waals surface area contributed by atoms with E-state index in [1.165, 1.54) is 0 Å². The SMILES string of the molecule is CC1(CCCS)N=C2CCCCC2(c2ccccc2Cl)NC1=O. The predicted octanol–water partition coefficient (Wildman–Crippen LogP) is 4.15. The third-order valence-electron chi connectivity index (χ3n) is 5.06. The zero-order valence-corrected chi connectivity index (χ0v) is 15.1. The molecule has 23 heavy (non-hydrogen) atoms. The van der Waals surface area contributed by atoms with Gasteiger partial charge in [-0.3, -0.25) is 9.79 Å². The smallest absolute Gasteiger partial charge is 0.248 e. The number of carbonyl (C=O) groups excluding carboxylic acids is 1. The normalized spacial score (nSPS) is 30.4. The standard InChI is InChI=1S/C18H23ClN2OS/c1-17(10-6-12-23)16(22)21-18(11-5-4-9-15(18)20-17)13-7-2-3-8-14(13)19/h2-3,7-8,23H,4-6,9-12H2,1H3,(H,21,22). The number of benzene rings is 1. The first-order valence-electron chi connectivity index (χ1n) is 8.29. The molecule has 0 saturated heterocycles. The lowest BCUT2D eigenvalue weighted by atomic mass is 9.72. The van der Waals surface area contributed by atoms with Crippen LogP contribution in [0.15, 0.2) is 29.3 Å². The highest BCUT2D eigenvalue weighted by molar-refractivity contribution is 7.80. The molecule has 1 saturated carbocycles. The van der Waals surface area contributed by atoms with E-state index >= 15 is 0 Å². The lowest BCUT2D eigenvalue weighted by molar-refractivity contribution is -0.128. The van der Waals surface area contributed by atoms with Gasteiger partial charge in [-0.05, 0) is 57.3 Å². The topological polar surface area (TPSA) is 41.5 Å². The molecule has 0 radical (unpaired) electrons. The van der Waals surface area contributed by atoms with Crippen LogP contribution in [-0.4, -0.2) is 22.9 Å². The van der Waals surface area contributed by atoms with Gasteiger partial charge in [0.2, 0.25) is 5.91 Å². The Morgan fingerprint density at radius 1 is 1.35 bits per heavy atom. The minimum Gasteiger partial charge on any atom is -0.339 e. The van der Waals surface area contributed by atoms with E-state index in [0.717, 1.165) is 55.6 Å². The van der Waals surface area contributed by atoms with Crippen LogP contribution in [-0.2, 0) is 10.3 Å². The second kappa shape index (κ2) is 6.48. The summed E-state index contributed by atoms with van der Waals surface area (Å²) in [5.74, 6) is 0.772. The molecule has 1 aliphatic carbocycles. The first-order valence-corrected chi connectivity index (χ1v) is 9.30. The molecule has 1 aromatic rings. The van der Waals surface area contributed by atoms with Gasteiger partial charge in [-0.2, -0.15) is 12.6 Å². The first kappa shape index (κ1) is 16.8. The zero-order chi connectivity index (χ0) is 16.5. The molecular formula is C18H23ClN2OS. The van der Waals surface area contributed by atoms with Gasteiger partial charge < -0.3 is 5.32 Å². The molecule has 2 atom stereocenters. The van der Waals surface area contributed by atoms with Gasteiger partial charge in [-0.1, -0.05) is 29.8 Å². The highest BCUT2D eigenvalue weighted by atomic mass is 35.5. The maximum atomic E-state index is 12.9. The molecule has 2 unspecified atom stereocenters. The van der Waals surface area contributed by atoms with Gasteiger partial charge in [-0.15, -0.1) is 0 Å². The molecular weight excluding hydrogens is 328 g/mol. The number of nitrogens with one attached hydrogen (secondary N) is 1. The van der Waals surface area contributed by atoms with Crippen LogP contribution < -0.4 is 5.32 Å². The summed E-state index contributed by atoms with van der Waals surface area (Å²) in [5.41, 5.74) is 0.858. The minimum absolute atomic E-state index is 0.00449. The van der Waals surface area contributed by atoms with Gasteiger partial charge in [-0.25, -0.2) is 0 Å². The number of aliphatic imine (C=N–C) groups is 1. The van der Waals surface area contributed by atoms with Crippen molar-refractivity contribution in [2.75, 3.05) is 5.75 Å². The maximum absolute atomic E-state index is 12.9. The molecule has 0 bridgehead atoms. The van der Waals surface area contributed by atoms with Crippen molar-refractivity contribution >= 4 is 35.8 Å². The summed E-state index contributed by atoms with van der Waals surface area (Å²) in [7, 11) is 0. The van der Waals surface area contributed by atoms with Crippen molar-refractivity contribution in [3.8, 4) is 0 Å². The summed E-state index contributed by atoms with van der Waals surface area (Å²) in [6.45, 7) is 1.93. The Kier molecular flexibility index (Phi) is 4.75. The monoisotopic (exact) mass is 350 g/mol. The van der Waals surface area contributed by atoms with E-state index in [4.69, 9.17) is 16.6 Å². The summed E-state index contributed by atoms with van der Waals surface area (Å²) in [6, 6.07) is 7.80. The molecule has 0 spiro atoms. The number of carbonyl (C=O) groups is 1. The van der Waals surface area contributed by atoms with Crippen LogP contribution in [0.4, 0.5) is 0 Å². The highest BCUT2D eigenvalue weighted by Crippen LogP contribution is 2.42. The lowest BCUT2D eigenvalue weighted by Crippen LogP contribution is -2.62. The Hall–Kier alpha value is -1.00. The number of hydrogen-bond acceptors (Lipinski definition) is 3. The fraction of sp³-hybridized carbons (Fsp3) is 0.556. The van der Waals surface area contributed by atoms with E-state index in [1.54, 1.807) is 0 Å². The second-order valence-corrected chi connectivity index (χ2v) is 7.56. The van der Waals surface area contributed by atoms with Gasteiger partial charge in [0.15, 0.2) is 0 Å². The van der Waals surface area contributed by atoms with Gasteiger partial charge in [0.05, 0.1) is 0 Å². The van der Waals surface area contributed by atoms with E-state index in [2.05, 4.69) is 17.9 Å². The van der Waals surface area contributed by atoms with Gasteiger partial charge in [0.25, 0.3) is 0 Å². The molecule has 1 N–H and O–H groups in total. The fourth-order valence-corrected chi connectivity index (χ4v) is 4.22. The van der Waals surface area contributed by atoms with Crippen molar-refractivity contribution in [1.29, 1.82) is 0 Å². The van der Waals surface area contributed by atoms with Crippen LogP contribution in [0.5, 0.6) is 0 Å². The van der Waals surface area contributed by atoms with E-state index in [-0.39, 0.29) is 5.91 Å². The number of nitrogens with zero attached hydrogens (tertiary/aromatic N) is 1. The molecule has 5 heteroatoms. The van der Waals surface area contributed by atoms with Crippen LogP contribution in [0.3, 0.4) is 0 Å². The number of rotatable bonds is 4. The molecule has 1 fully saturated rings. The average molecular weight is 351 g/mol. The molecule has 0 aromatic heterocycles. The quantitative estimate of drug-likeness (QED) is 0.787. The maximum Gasteiger partial charge on any atom is 0.248 e. The van der Waals surface area contributed by atoms with Gasteiger partial charge in [0, 0.05) is 16.3 Å². The fourth-order valence-electron chi connectivity index (χ4n) is 3.76. The summed E-state index contributed by atoms with van der Waals surface area (Å²) < 4.78 is 0. The van der Waals surface area contributed by atoms with Crippen molar-refractivity contribution in [3.05, 3.63) is 34.9 Å². The second-order valence-electron chi connectivity index (χ2n) is 6.71. The van der Waals surface area contributed by atoms with Crippen molar-refractivity contribution in [2.24, 2.45) is 4.99 Å². The van der Waals surface area contributed by atoms with Gasteiger partial charge in [0.1, 0.15) is 11.1 Å². The molecule has 1 aromatic carbocycles. The van der Waals surface area contributed by atoms with Crippen LogP contribution in [0.25, 0.3) is 0 Å². The van der Waals surface area contributed by atoms with Crippen LogP contribution in [0, 0.1) is 0 Å². The Morgan fingerprint density at radius 2 is 2.13 bits per heavy atom. The Balaban J connectivity index is 2.08. The Labute approximate surface area is 148 Å². The van der Waals surface area contributed by atoms with Crippen LogP contribution in [0.2, 0.25) is 5.02 Å². The van der Waals surface area contributed by atoms with Crippen molar-refractivity contribution in [1.82, 2.24) is 5.32 Å². The van der Waals surface area contributed by atoms with Crippen LogP contribution >= 0.6 is 24.2 Å². The summed E-state index contributed by atoms with van der Waals surface area (Å²) in [6.07, 6.45) is 5.57. The Morgan fingerprint density at radius 3 is 2.87 bits per heavy atom. The molecule has 124 valence electrons. The van der Waals surface area contributed by atoms with E-state index in [9.17, 15) is 4.79 Å². The van der Waals surface area contributed by atoms with Crippen molar-refractivity contribution in [3.63, 3.8) is 0 Å². The van der Waals surface area contributed by atoms with E-state index in [0.29, 0.717) is 5.02 Å². The lowest BCUT2D eigenvalue weighted by Gasteiger charge is -2.47. The molecule has 1 aliphatic heterocycles. The average Bonchev–Trinajstić information content (AvgIpc) is 2.54. The number of fused-ring (bicyclic) bond motifs is 1. The summed E-state index contributed by atoms with van der Waals surface area (Å²) >= 11 is 10.7. The first-order chi connectivity index (χ1) is 11.0. The minimum atomic E-state index is -0.680. The third-order valence-corrected chi connectivity index (χ3v) is 5.71. The van der Waals surface area contributed by atoms with Gasteiger partial charge >= 0.3 is 0 Å². The molecule has 1 heterocycles. The number of hydrogen-bond donors (Lipinski definition) is 2. The van der Waals surface area contributed by atoms with Crippen molar-refractivity contribution < 1.29 is 4.79 Å². The third kappa shape index (κ3) is 2.91. The molecule has 1 amide bonds. The molecule has 2 aliphatic rings. The number of halogens is 1. The van der Waals surface area contributed by atoms with E-state index in [1.807, 2.05) is 31.2 Å². The number of thiol groups is 1. The largest absolute Gasteiger partial charge is 0.339 e. The van der Waals surface area contributed by atoms with Crippen molar-refractivity contribution in [2.45, 2.75) is 56.5 Å². The Bertz CT molecular complexity index is 648. The summed E-state index contributed by atoms with van der Waals surface area (Å²) in [4.78, 5) is 17.8. The molecule has 3 rings (SSSR count). The van der Waals surface area contributed by atoms with E-state index < -0.39 is 11.1 Å². The predicted molar refractivity (Wildman–Crippen MR) is 98.7 cm³/mol. The highest BCUT2D eigenvalue weighted by Gasteiger charge is 2.50. The number of amides is 1. The summed E-state index contributed by atoms with van der Waals surface area (Å²) in [5, 5.41) is 4.01. The molecule has 3 nitrogen and oxygen atoms in total. The van der Waals surface area contributed by atoms with Crippen LogP contribution in [0.1, 0.15) is 51.0 Å². The zero-order valence-electron chi connectivity index (χ0n) is 13.4.